The summed E-state index contributed by atoms with van der Waals surface area (Å²) in [6.45, 7) is 5.42. The molecule has 0 saturated carbocycles. The number of nitriles is 1. The molecule has 0 spiro atoms. The van der Waals surface area contributed by atoms with Crippen molar-refractivity contribution >= 4 is 34.1 Å². The van der Waals surface area contributed by atoms with Crippen molar-refractivity contribution in [2.45, 2.75) is 26.3 Å². The predicted octanol–water partition coefficient (Wildman–Crippen LogP) is 5.25. The second-order valence-corrected chi connectivity index (χ2v) is 7.68. The number of rotatable bonds is 3. The summed E-state index contributed by atoms with van der Waals surface area (Å²) in [7, 11) is 0. The molecule has 0 aliphatic heterocycles. The first-order valence-corrected chi connectivity index (χ1v) is 9.07. The van der Waals surface area contributed by atoms with Crippen LogP contribution < -0.4 is 10.2 Å². The summed E-state index contributed by atoms with van der Waals surface area (Å²) in [6.07, 6.45) is -1.05. The van der Waals surface area contributed by atoms with E-state index in [1.165, 1.54) is 4.90 Å². The molecule has 6 heteroatoms. The number of nitrogens with one attached hydrogen (secondary N) is 1. The minimum atomic E-state index is -1.05. The summed E-state index contributed by atoms with van der Waals surface area (Å²) in [5, 5.41) is 23.1. The van der Waals surface area contributed by atoms with Crippen molar-refractivity contribution in [1.29, 1.82) is 5.26 Å². The summed E-state index contributed by atoms with van der Waals surface area (Å²) >= 11 is 0. The molecular formula is C23H21N3O3. The number of hydrogen-bond acceptors (Lipinski definition) is 3. The van der Waals surface area contributed by atoms with Crippen molar-refractivity contribution in [3.63, 3.8) is 0 Å². The Morgan fingerprint density at radius 2 is 1.59 bits per heavy atom. The van der Waals surface area contributed by atoms with E-state index in [1.807, 2.05) is 18.2 Å². The normalized spacial score (nSPS) is 11.0. The lowest BCUT2D eigenvalue weighted by Crippen LogP contribution is -2.45. The number of fused-ring (bicyclic) bond motifs is 1. The molecular weight excluding hydrogens is 366 g/mol. The van der Waals surface area contributed by atoms with Gasteiger partial charge in [0.2, 0.25) is 0 Å². The van der Waals surface area contributed by atoms with Crippen LogP contribution in [0.2, 0.25) is 0 Å². The molecule has 3 aromatic rings. The Morgan fingerprint density at radius 1 is 0.966 bits per heavy atom. The Hall–Kier alpha value is -3.85. The van der Waals surface area contributed by atoms with Gasteiger partial charge in [-0.1, -0.05) is 12.1 Å². The van der Waals surface area contributed by atoms with Crippen molar-refractivity contribution in [2.75, 3.05) is 10.2 Å². The number of hydrogen-bond donors (Lipinski definition) is 2. The van der Waals surface area contributed by atoms with Crippen molar-refractivity contribution < 1.29 is 14.7 Å². The fourth-order valence-corrected chi connectivity index (χ4v) is 3.14. The van der Waals surface area contributed by atoms with Gasteiger partial charge in [0.05, 0.1) is 11.6 Å². The van der Waals surface area contributed by atoms with E-state index in [1.54, 1.807) is 63.2 Å². The molecule has 0 aliphatic rings. The third-order valence-electron chi connectivity index (χ3n) is 4.48. The molecule has 0 aromatic heterocycles. The number of nitrogens with zero attached hydrogens (tertiary/aromatic N) is 2. The zero-order valence-corrected chi connectivity index (χ0v) is 16.4. The number of carbonyl (C=O) groups is 2. The Balaban J connectivity index is 1.80. The second-order valence-electron chi connectivity index (χ2n) is 7.68. The van der Waals surface area contributed by atoms with Gasteiger partial charge in [-0.3, -0.25) is 9.69 Å². The first-order chi connectivity index (χ1) is 13.7. The molecule has 146 valence electrons. The molecule has 0 radical (unpaired) electrons. The van der Waals surface area contributed by atoms with Gasteiger partial charge in [0.25, 0.3) is 5.91 Å². The Bertz CT molecular complexity index is 1120. The van der Waals surface area contributed by atoms with E-state index < -0.39 is 11.6 Å². The quantitative estimate of drug-likeness (QED) is 0.642. The highest BCUT2D eigenvalue weighted by molar-refractivity contribution is 6.05. The van der Waals surface area contributed by atoms with Gasteiger partial charge < -0.3 is 10.4 Å². The Morgan fingerprint density at radius 3 is 2.17 bits per heavy atom. The summed E-state index contributed by atoms with van der Waals surface area (Å²) < 4.78 is 0. The molecule has 2 amide bonds. The van der Waals surface area contributed by atoms with Gasteiger partial charge >= 0.3 is 6.09 Å². The van der Waals surface area contributed by atoms with Crippen LogP contribution in [-0.2, 0) is 0 Å². The first-order valence-electron chi connectivity index (χ1n) is 9.07. The van der Waals surface area contributed by atoms with E-state index in [-0.39, 0.29) is 5.91 Å². The van der Waals surface area contributed by atoms with Gasteiger partial charge in [-0.05, 0) is 80.1 Å². The highest BCUT2D eigenvalue weighted by atomic mass is 16.4. The predicted molar refractivity (Wildman–Crippen MR) is 113 cm³/mol. The molecule has 0 bridgehead atoms. The highest BCUT2D eigenvalue weighted by Crippen LogP contribution is 2.25. The minimum Gasteiger partial charge on any atom is -0.465 e. The van der Waals surface area contributed by atoms with E-state index in [9.17, 15) is 14.7 Å². The van der Waals surface area contributed by atoms with E-state index in [4.69, 9.17) is 5.26 Å². The van der Waals surface area contributed by atoms with Gasteiger partial charge in [-0.25, -0.2) is 4.79 Å². The number of carboxylic acid groups (broad SMARTS) is 1. The molecule has 0 unspecified atom stereocenters. The third-order valence-corrected chi connectivity index (χ3v) is 4.48. The van der Waals surface area contributed by atoms with E-state index >= 15 is 0 Å². The van der Waals surface area contributed by atoms with Crippen molar-refractivity contribution in [3.05, 3.63) is 71.8 Å². The molecule has 0 saturated heterocycles. The highest BCUT2D eigenvalue weighted by Gasteiger charge is 2.27. The molecule has 0 atom stereocenters. The van der Waals surface area contributed by atoms with Crippen LogP contribution >= 0.6 is 0 Å². The maximum Gasteiger partial charge on any atom is 0.412 e. The first kappa shape index (κ1) is 19.9. The van der Waals surface area contributed by atoms with Crippen molar-refractivity contribution in [1.82, 2.24) is 0 Å². The number of anilines is 2. The van der Waals surface area contributed by atoms with Gasteiger partial charge in [0.15, 0.2) is 0 Å². The average molecular weight is 387 g/mol. The topological polar surface area (TPSA) is 93.4 Å². The number of amides is 2. The van der Waals surface area contributed by atoms with Gasteiger partial charge in [-0.2, -0.15) is 5.26 Å². The summed E-state index contributed by atoms with van der Waals surface area (Å²) in [5.41, 5.74) is 1.54. The molecule has 0 fully saturated rings. The molecule has 2 N–H and O–H groups in total. The lowest BCUT2D eigenvalue weighted by molar-refractivity contribution is 0.102. The lowest BCUT2D eigenvalue weighted by Gasteiger charge is -2.33. The summed E-state index contributed by atoms with van der Waals surface area (Å²) in [6, 6.07) is 19.4. The van der Waals surface area contributed by atoms with Crippen molar-refractivity contribution in [3.8, 4) is 6.07 Å². The zero-order valence-electron chi connectivity index (χ0n) is 16.4. The Kier molecular flexibility index (Phi) is 5.24. The van der Waals surface area contributed by atoms with E-state index in [2.05, 4.69) is 11.4 Å². The monoisotopic (exact) mass is 387 g/mol. The fourth-order valence-electron chi connectivity index (χ4n) is 3.14. The van der Waals surface area contributed by atoms with Gasteiger partial charge in [-0.15, -0.1) is 0 Å². The van der Waals surface area contributed by atoms with Crippen LogP contribution in [0.25, 0.3) is 10.8 Å². The standard InChI is InChI=1S/C23H21N3O3/c1-23(2,3)26(22(28)29)20-10-7-16(8-11-20)21(27)25-19-9-6-17-12-15(14-24)4-5-18(17)13-19/h4-13H,1-3H3,(H,25,27)(H,28,29). The lowest BCUT2D eigenvalue weighted by atomic mass is 10.0. The van der Waals surface area contributed by atoms with Crippen LogP contribution in [0.3, 0.4) is 0 Å². The van der Waals surface area contributed by atoms with Crippen LogP contribution in [0.4, 0.5) is 16.2 Å². The number of carbonyl (C=O) groups excluding carboxylic acids is 1. The van der Waals surface area contributed by atoms with E-state index in [0.717, 1.165) is 10.8 Å². The average Bonchev–Trinajstić information content (AvgIpc) is 2.66. The number of benzene rings is 3. The van der Waals surface area contributed by atoms with Crippen LogP contribution in [0, 0.1) is 11.3 Å². The summed E-state index contributed by atoms with van der Waals surface area (Å²) in [5.74, 6) is -0.290. The minimum absolute atomic E-state index is 0.290. The van der Waals surface area contributed by atoms with Gasteiger partial charge in [0, 0.05) is 22.5 Å². The zero-order chi connectivity index (χ0) is 21.2. The largest absolute Gasteiger partial charge is 0.465 e. The molecule has 3 aromatic carbocycles. The summed E-state index contributed by atoms with van der Waals surface area (Å²) in [4.78, 5) is 25.4. The van der Waals surface area contributed by atoms with Crippen LogP contribution in [0.1, 0.15) is 36.7 Å². The molecule has 6 nitrogen and oxygen atoms in total. The fraction of sp³-hybridized carbons (Fsp3) is 0.174. The molecule has 0 heterocycles. The van der Waals surface area contributed by atoms with Crippen molar-refractivity contribution in [2.24, 2.45) is 0 Å². The molecule has 29 heavy (non-hydrogen) atoms. The smallest absolute Gasteiger partial charge is 0.412 e. The van der Waals surface area contributed by atoms with Crippen LogP contribution in [-0.4, -0.2) is 22.6 Å². The van der Waals surface area contributed by atoms with Crippen LogP contribution in [0.15, 0.2) is 60.7 Å². The van der Waals surface area contributed by atoms with Gasteiger partial charge in [0.1, 0.15) is 0 Å². The van der Waals surface area contributed by atoms with E-state index in [0.29, 0.717) is 22.5 Å². The SMILES string of the molecule is CC(C)(C)N(C(=O)O)c1ccc(C(=O)Nc2ccc3cc(C#N)ccc3c2)cc1. The maximum absolute atomic E-state index is 12.6. The van der Waals surface area contributed by atoms with Crippen LogP contribution in [0.5, 0.6) is 0 Å². The molecule has 3 rings (SSSR count). The third kappa shape index (κ3) is 4.36. The Labute approximate surface area is 169 Å². The second kappa shape index (κ2) is 7.64. The molecule has 0 aliphatic carbocycles. The maximum atomic E-state index is 12.6.